The molecule has 2 nitrogen and oxygen atoms in total. The zero-order chi connectivity index (χ0) is 15.4. The van der Waals surface area contributed by atoms with Crippen molar-refractivity contribution in [1.29, 1.82) is 0 Å². The Labute approximate surface area is 123 Å². The second-order valence-corrected chi connectivity index (χ2v) is 5.13. The summed E-state index contributed by atoms with van der Waals surface area (Å²) in [5.41, 5.74) is 7.81. The lowest BCUT2D eigenvalue weighted by atomic mass is 10.0. The highest BCUT2D eigenvalue weighted by atomic mass is 19.2. The van der Waals surface area contributed by atoms with E-state index >= 15 is 0 Å². The van der Waals surface area contributed by atoms with Crippen LogP contribution in [-0.4, -0.2) is 6.04 Å². The molecule has 1 unspecified atom stereocenters. The van der Waals surface area contributed by atoms with Crippen molar-refractivity contribution in [3.63, 3.8) is 0 Å². The Morgan fingerprint density at radius 2 is 1.90 bits per heavy atom. The highest BCUT2D eigenvalue weighted by molar-refractivity contribution is 5.40. The van der Waals surface area contributed by atoms with Crippen molar-refractivity contribution in [3.8, 4) is 11.5 Å². The van der Waals surface area contributed by atoms with Gasteiger partial charge in [-0.3, -0.25) is 0 Å². The fraction of sp³-hybridized carbons (Fsp3) is 0.294. The standard InChI is InChI=1S/C17H19F2NO/c1-3-13(20)9-12-8-7-11(2)16(10-12)21-15-6-4-5-14(18)17(15)19/h4-8,10,13H,3,9,20H2,1-2H3. The summed E-state index contributed by atoms with van der Waals surface area (Å²) in [6, 6.07) is 9.65. The minimum Gasteiger partial charge on any atom is -0.454 e. The normalized spacial score (nSPS) is 12.2. The number of nitrogens with two attached hydrogens (primary N) is 1. The molecule has 0 aromatic heterocycles. The highest BCUT2D eigenvalue weighted by Gasteiger charge is 2.12. The monoisotopic (exact) mass is 291 g/mol. The first-order chi connectivity index (χ1) is 10.0. The van der Waals surface area contributed by atoms with E-state index in [4.69, 9.17) is 10.5 Å². The average Bonchev–Trinajstić information content (AvgIpc) is 2.47. The molecule has 2 aromatic rings. The zero-order valence-corrected chi connectivity index (χ0v) is 12.2. The number of rotatable bonds is 5. The summed E-state index contributed by atoms with van der Waals surface area (Å²) in [4.78, 5) is 0. The van der Waals surface area contributed by atoms with Crippen LogP contribution in [0.15, 0.2) is 36.4 Å². The van der Waals surface area contributed by atoms with Gasteiger partial charge in [0.15, 0.2) is 11.6 Å². The largest absolute Gasteiger partial charge is 0.454 e. The SMILES string of the molecule is CCC(N)Cc1ccc(C)c(Oc2cccc(F)c2F)c1. The average molecular weight is 291 g/mol. The van der Waals surface area contributed by atoms with Crippen LogP contribution < -0.4 is 10.5 Å². The van der Waals surface area contributed by atoms with E-state index in [0.717, 1.165) is 30.0 Å². The fourth-order valence-corrected chi connectivity index (χ4v) is 2.01. The van der Waals surface area contributed by atoms with Crippen LogP contribution in [0.5, 0.6) is 11.5 Å². The molecule has 0 saturated heterocycles. The second-order valence-electron chi connectivity index (χ2n) is 5.13. The molecule has 4 heteroatoms. The van der Waals surface area contributed by atoms with Crippen molar-refractivity contribution in [1.82, 2.24) is 0 Å². The summed E-state index contributed by atoms with van der Waals surface area (Å²) in [7, 11) is 0. The third-order valence-electron chi connectivity index (χ3n) is 3.41. The van der Waals surface area contributed by atoms with E-state index in [0.29, 0.717) is 5.75 Å². The van der Waals surface area contributed by atoms with Crippen molar-refractivity contribution in [2.24, 2.45) is 5.73 Å². The molecule has 0 amide bonds. The van der Waals surface area contributed by atoms with Gasteiger partial charge in [-0.25, -0.2) is 4.39 Å². The quantitative estimate of drug-likeness (QED) is 0.889. The Kier molecular flexibility index (Phi) is 4.91. The van der Waals surface area contributed by atoms with Gasteiger partial charge in [0.1, 0.15) is 5.75 Å². The number of benzene rings is 2. The first-order valence-corrected chi connectivity index (χ1v) is 6.98. The maximum absolute atomic E-state index is 13.7. The van der Waals surface area contributed by atoms with Gasteiger partial charge >= 0.3 is 0 Å². The molecular formula is C17H19F2NO. The van der Waals surface area contributed by atoms with Gasteiger partial charge in [0.05, 0.1) is 0 Å². The Bertz CT molecular complexity index is 628. The Morgan fingerprint density at radius 3 is 2.62 bits per heavy atom. The molecule has 0 radical (unpaired) electrons. The van der Waals surface area contributed by atoms with Crippen LogP contribution in [0.1, 0.15) is 24.5 Å². The van der Waals surface area contributed by atoms with Gasteiger partial charge in [0.2, 0.25) is 5.82 Å². The van der Waals surface area contributed by atoms with Gasteiger partial charge < -0.3 is 10.5 Å². The first kappa shape index (κ1) is 15.4. The van der Waals surface area contributed by atoms with Crippen LogP contribution in [0, 0.1) is 18.6 Å². The third-order valence-corrected chi connectivity index (χ3v) is 3.41. The molecule has 0 aliphatic rings. The topological polar surface area (TPSA) is 35.2 Å². The van der Waals surface area contributed by atoms with Crippen molar-refractivity contribution >= 4 is 0 Å². The van der Waals surface area contributed by atoms with Crippen molar-refractivity contribution in [3.05, 3.63) is 59.2 Å². The Balaban J connectivity index is 2.26. The molecule has 0 saturated carbocycles. The van der Waals surface area contributed by atoms with E-state index in [1.165, 1.54) is 12.1 Å². The number of ether oxygens (including phenoxy) is 1. The summed E-state index contributed by atoms with van der Waals surface area (Å²) < 4.78 is 32.4. The zero-order valence-electron chi connectivity index (χ0n) is 12.2. The van der Waals surface area contributed by atoms with E-state index < -0.39 is 11.6 Å². The van der Waals surface area contributed by atoms with E-state index in [-0.39, 0.29) is 11.8 Å². The van der Waals surface area contributed by atoms with Crippen LogP contribution in [0.3, 0.4) is 0 Å². The van der Waals surface area contributed by atoms with Gasteiger partial charge in [-0.05, 0) is 49.1 Å². The summed E-state index contributed by atoms with van der Waals surface area (Å²) >= 11 is 0. The minimum atomic E-state index is -0.979. The summed E-state index contributed by atoms with van der Waals surface area (Å²) in [5, 5.41) is 0. The number of aryl methyl sites for hydroxylation is 1. The number of hydrogen-bond acceptors (Lipinski definition) is 2. The second kappa shape index (κ2) is 6.68. The molecule has 1 atom stereocenters. The van der Waals surface area contributed by atoms with Crippen molar-refractivity contribution in [2.75, 3.05) is 0 Å². The molecule has 2 rings (SSSR count). The van der Waals surface area contributed by atoms with Gasteiger partial charge in [-0.2, -0.15) is 4.39 Å². The third kappa shape index (κ3) is 3.79. The van der Waals surface area contributed by atoms with E-state index in [1.807, 2.05) is 32.0 Å². The number of hydrogen-bond donors (Lipinski definition) is 1. The molecule has 2 aromatic carbocycles. The van der Waals surface area contributed by atoms with E-state index in [1.54, 1.807) is 0 Å². The van der Waals surface area contributed by atoms with E-state index in [9.17, 15) is 8.78 Å². The van der Waals surface area contributed by atoms with Crippen molar-refractivity contribution in [2.45, 2.75) is 32.7 Å². The lowest BCUT2D eigenvalue weighted by Crippen LogP contribution is -2.21. The molecule has 21 heavy (non-hydrogen) atoms. The van der Waals surface area contributed by atoms with Gasteiger partial charge in [0.25, 0.3) is 0 Å². The van der Waals surface area contributed by atoms with Gasteiger partial charge in [0, 0.05) is 6.04 Å². The summed E-state index contributed by atoms with van der Waals surface area (Å²) in [5.74, 6) is -1.50. The van der Waals surface area contributed by atoms with Crippen LogP contribution in [0.2, 0.25) is 0 Å². The predicted octanol–water partition coefficient (Wildman–Crippen LogP) is 4.35. The summed E-state index contributed by atoms with van der Waals surface area (Å²) in [6.07, 6.45) is 1.60. The Hall–Kier alpha value is -1.94. The van der Waals surface area contributed by atoms with Crippen molar-refractivity contribution < 1.29 is 13.5 Å². The maximum Gasteiger partial charge on any atom is 0.201 e. The molecule has 0 heterocycles. The Morgan fingerprint density at radius 1 is 1.14 bits per heavy atom. The highest BCUT2D eigenvalue weighted by Crippen LogP contribution is 2.29. The number of halogens is 2. The maximum atomic E-state index is 13.7. The minimum absolute atomic E-state index is 0.0754. The molecule has 0 bridgehead atoms. The van der Waals surface area contributed by atoms with E-state index in [2.05, 4.69) is 0 Å². The molecule has 0 spiro atoms. The molecule has 0 aliphatic heterocycles. The molecular weight excluding hydrogens is 272 g/mol. The van der Waals surface area contributed by atoms with Crippen LogP contribution in [0.25, 0.3) is 0 Å². The molecule has 112 valence electrons. The first-order valence-electron chi connectivity index (χ1n) is 6.98. The fourth-order valence-electron chi connectivity index (χ4n) is 2.01. The predicted molar refractivity (Wildman–Crippen MR) is 79.6 cm³/mol. The summed E-state index contributed by atoms with van der Waals surface area (Å²) in [6.45, 7) is 3.88. The van der Waals surface area contributed by atoms with Crippen LogP contribution >= 0.6 is 0 Å². The van der Waals surface area contributed by atoms with Gasteiger partial charge in [-0.15, -0.1) is 0 Å². The molecule has 2 N–H and O–H groups in total. The van der Waals surface area contributed by atoms with Crippen LogP contribution in [0.4, 0.5) is 8.78 Å². The van der Waals surface area contributed by atoms with Gasteiger partial charge in [-0.1, -0.05) is 25.1 Å². The smallest absolute Gasteiger partial charge is 0.201 e. The molecule has 0 fully saturated rings. The van der Waals surface area contributed by atoms with Crippen LogP contribution in [-0.2, 0) is 6.42 Å². The lowest BCUT2D eigenvalue weighted by molar-refractivity contribution is 0.414. The lowest BCUT2D eigenvalue weighted by Gasteiger charge is -2.13. The molecule has 0 aliphatic carbocycles.